The summed E-state index contributed by atoms with van der Waals surface area (Å²) in [5, 5.41) is 15.2. The van der Waals surface area contributed by atoms with Gasteiger partial charge in [-0.1, -0.05) is 6.07 Å². The lowest BCUT2D eigenvalue weighted by Crippen LogP contribution is -2.06. The summed E-state index contributed by atoms with van der Waals surface area (Å²) in [4.78, 5) is 22.3. The number of carbonyl (C=O) groups is 1. The fourth-order valence-corrected chi connectivity index (χ4v) is 2.13. The summed E-state index contributed by atoms with van der Waals surface area (Å²) in [7, 11) is 0. The average molecular weight is 289 g/mol. The van der Waals surface area contributed by atoms with Crippen molar-refractivity contribution < 1.29 is 14.5 Å². The van der Waals surface area contributed by atoms with Crippen LogP contribution in [0.25, 0.3) is 5.69 Å². The van der Waals surface area contributed by atoms with Gasteiger partial charge in [-0.05, 0) is 39.0 Å². The molecular formula is C14H15N3O4. The van der Waals surface area contributed by atoms with Crippen molar-refractivity contribution in [1.29, 1.82) is 0 Å². The van der Waals surface area contributed by atoms with Crippen LogP contribution in [-0.4, -0.2) is 27.3 Å². The van der Waals surface area contributed by atoms with Crippen LogP contribution in [0.4, 0.5) is 5.69 Å². The third-order valence-electron chi connectivity index (χ3n) is 3.04. The Morgan fingerprint density at radius 2 is 2.14 bits per heavy atom. The van der Waals surface area contributed by atoms with Gasteiger partial charge in [-0.15, -0.1) is 0 Å². The van der Waals surface area contributed by atoms with Gasteiger partial charge >= 0.3 is 11.7 Å². The molecule has 1 aromatic heterocycles. The fourth-order valence-electron chi connectivity index (χ4n) is 2.13. The zero-order chi connectivity index (χ0) is 15.6. The molecule has 0 amide bonds. The highest BCUT2D eigenvalue weighted by Crippen LogP contribution is 2.25. The third-order valence-corrected chi connectivity index (χ3v) is 3.04. The Morgan fingerprint density at radius 1 is 1.43 bits per heavy atom. The van der Waals surface area contributed by atoms with Crippen LogP contribution in [-0.2, 0) is 4.74 Å². The van der Waals surface area contributed by atoms with Gasteiger partial charge in [-0.3, -0.25) is 10.1 Å². The molecule has 0 bridgehead atoms. The van der Waals surface area contributed by atoms with E-state index in [0.717, 1.165) is 0 Å². The molecule has 2 rings (SSSR count). The van der Waals surface area contributed by atoms with E-state index in [4.69, 9.17) is 4.74 Å². The maximum absolute atomic E-state index is 11.7. The molecule has 0 aliphatic heterocycles. The zero-order valence-corrected chi connectivity index (χ0v) is 12.0. The molecule has 0 N–H and O–H groups in total. The van der Waals surface area contributed by atoms with Gasteiger partial charge in [0, 0.05) is 0 Å². The molecule has 7 heteroatoms. The van der Waals surface area contributed by atoms with Crippen LogP contribution in [0, 0.1) is 24.0 Å². The van der Waals surface area contributed by atoms with E-state index in [1.165, 1.54) is 4.68 Å². The molecule has 1 heterocycles. The number of ether oxygens (including phenoxy) is 1. The predicted molar refractivity (Wildman–Crippen MR) is 75.6 cm³/mol. The van der Waals surface area contributed by atoms with E-state index >= 15 is 0 Å². The third kappa shape index (κ3) is 2.76. The normalized spacial score (nSPS) is 10.4. The van der Waals surface area contributed by atoms with Crippen molar-refractivity contribution in [3.8, 4) is 5.69 Å². The lowest BCUT2D eigenvalue weighted by molar-refractivity contribution is -0.386. The van der Waals surface area contributed by atoms with Crippen molar-refractivity contribution in [2.75, 3.05) is 6.61 Å². The van der Waals surface area contributed by atoms with E-state index in [9.17, 15) is 14.9 Å². The second-order valence-electron chi connectivity index (χ2n) is 4.46. The summed E-state index contributed by atoms with van der Waals surface area (Å²) in [5.41, 5.74) is 1.69. The highest BCUT2D eigenvalue weighted by molar-refractivity contribution is 5.90. The first-order valence-electron chi connectivity index (χ1n) is 6.43. The van der Waals surface area contributed by atoms with Crippen LogP contribution < -0.4 is 0 Å². The highest BCUT2D eigenvalue weighted by Gasteiger charge is 2.22. The van der Waals surface area contributed by atoms with E-state index in [1.54, 1.807) is 45.0 Å². The Labute approximate surface area is 121 Å². The van der Waals surface area contributed by atoms with Crippen molar-refractivity contribution in [3.05, 3.63) is 51.3 Å². The molecule has 0 aliphatic rings. The Bertz CT molecular complexity index is 706. The number of rotatable bonds is 4. The fraction of sp³-hybridized carbons (Fsp3) is 0.286. The van der Waals surface area contributed by atoms with Gasteiger partial charge in [-0.25, -0.2) is 9.48 Å². The van der Waals surface area contributed by atoms with Gasteiger partial charge in [0.25, 0.3) is 0 Å². The first kappa shape index (κ1) is 14.7. The number of benzene rings is 1. The van der Waals surface area contributed by atoms with Crippen LogP contribution in [0.3, 0.4) is 0 Å². The molecule has 0 unspecified atom stereocenters. The number of hydrogen-bond donors (Lipinski definition) is 0. The minimum atomic E-state index is -0.455. The van der Waals surface area contributed by atoms with Gasteiger partial charge in [0.15, 0.2) is 0 Å². The summed E-state index contributed by atoms with van der Waals surface area (Å²) in [6.07, 6.45) is 0. The van der Waals surface area contributed by atoms with E-state index in [2.05, 4.69) is 5.10 Å². The average Bonchev–Trinajstić information content (AvgIpc) is 2.74. The van der Waals surface area contributed by atoms with Gasteiger partial charge in [0.1, 0.15) is 11.4 Å². The Morgan fingerprint density at radius 3 is 2.71 bits per heavy atom. The second kappa shape index (κ2) is 5.74. The molecule has 2 aromatic rings. The summed E-state index contributed by atoms with van der Waals surface area (Å²) >= 11 is 0. The largest absolute Gasteiger partial charge is 0.462 e. The minimum Gasteiger partial charge on any atom is -0.462 e. The summed E-state index contributed by atoms with van der Waals surface area (Å²) in [5.74, 6) is -0.435. The molecule has 7 nitrogen and oxygen atoms in total. The van der Waals surface area contributed by atoms with Gasteiger partial charge in [0.2, 0.25) is 0 Å². The Kier molecular flexibility index (Phi) is 4.02. The molecule has 0 atom stereocenters. The number of nitro groups is 1. The lowest BCUT2D eigenvalue weighted by Gasteiger charge is -2.06. The molecule has 0 saturated carbocycles. The maximum atomic E-state index is 11.7. The monoisotopic (exact) mass is 289 g/mol. The molecule has 0 fully saturated rings. The first-order valence-corrected chi connectivity index (χ1v) is 6.43. The summed E-state index contributed by atoms with van der Waals surface area (Å²) < 4.78 is 6.39. The second-order valence-corrected chi connectivity index (χ2v) is 4.46. The van der Waals surface area contributed by atoms with Crippen molar-refractivity contribution in [3.63, 3.8) is 0 Å². The number of hydrogen-bond acceptors (Lipinski definition) is 5. The molecule has 0 saturated heterocycles. The van der Waals surface area contributed by atoms with Gasteiger partial charge in [-0.2, -0.15) is 5.10 Å². The SMILES string of the molecule is CCOC(=O)c1cccc(-n2nc(C)c([N+](=O)[O-])c2C)c1. The van der Waals surface area contributed by atoms with Gasteiger partial charge in [0.05, 0.1) is 22.8 Å². The molecule has 110 valence electrons. The smallest absolute Gasteiger partial charge is 0.338 e. The van der Waals surface area contributed by atoms with Gasteiger partial charge < -0.3 is 4.74 Å². The van der Waals surface area contributed by atoms with Crippen LogP contribution in [0.1, 0.15) is 28.7 Å². The molecule has 0 aliphatic carbocycles. The predicted octanol–water partition coefficient (Wildman–Crippen LogP) is 2.57. The van der Waals surface area contributed by atoms with E-state index < -0.39 is 10.9 Å². The van der Waals surface area contributed by atoms with Crippen molar-refractivity contribution in [2.24, 2.45) is 0 Å². The number of aromatic nitrogens is 2. The maximum Gasteiger partial charge on any atom is 0.338 e. The van der Waals surface area contributed by atoms with Crippen molar-refractivity contribution in [1.82, 2.24) is 9.78 Å². The van der Waals surface area contributed by atoms with E-state index in [0.29, 0.717) is 22.6 Å². The molecule has 0 radical (unpaired) electrons. The number of esters is 1. The van der Waals surface area contributed by atoms with Crippen molar-refractivity contribution in [2.45, 2.75) is 20.8 Å². The lowest BCUT2D eigenvalue weighted by atomic mass is 10.2. The Hall–Kier alpha value is -2.70. The standard InChI is InChI=1S/C14H15N3O4/c1-4-21-14(18)11-6-5-7-12(8-11)16-10(3)13(17(19)20)9(2)15-16/h5-8H,4H2,1-3H3. The van der Waals surface area contributed by atoms with Crippen LogP contribution >= 0.6 is 0 Å². The number of aryl methyl sites for hydroxylation is 1. The number of nitrogens with zero attached hydrogens (tertiary/aromatic N) is 3. The minimum absolute atomic E-state index is 0.0171. The Balaban J connectivity index is 2.48. The van der Waals surface area contributed by atoms with Crippen LogP contribution in [0.2, 0.25) is 0 Å². The van der Waals surface area contributed by atoms with E-state index in [1.807, 2.05) is 0 Å². The van der Waals surface area contributed by atoms with E-state index in [-0.39, 0.29) is 12.3 Å². The topological polar surface area (TPSA) is 87.3 Å². The summed E-state index contributed by atoms with van der Waals surface area (Å²) in [6, 6.07) is 6.64. The first-order chi connectivity index (χ1) is 9.95. The number of carbonyl (C=O) groups excluding carboxylic acids is 1. The van der Waals surface area contributed by atoms with Crippen molar-refractivity contribution >= 4 is 11.7 Å². The van der Waals surface area contributed by atoms with Crippen LogP contribution in [0.15, 0.2) is 24.3 Å². The van der Waals surface area contributed by atoms with Crippen LogP contribution in [0.5, 0.6) is 0 Å². The quantitative estimate of drug-likeness (QED) is 0.490. The highest BCUT2D eigenvalue weighted by atomic mass is 16.6. The molecular weight excluding hydrogens is 274 g/mol. The molecule has 1 aromatic carbocycles. The summed E-state index contributed by atoms with van der Waals surface area (Å²) in [6.45, 7) is 5.21. The molecule has 0 spiro atoms. The zero-order valence-electron chi connectivity index (χ0n) is 12.0. The molecule has 21 heavy (non-hydrogen) atoms.